The van der Waals surface area contributed by atoms with Crippen LogP contribution < -0.4 is 4.74 Å². The van der Waals surface area contributed by atoms with Crippen LogP contribution in [0.25, 0.3) is 0 Å². The minimum absolute atomic E-state index is 0.407. The third-order valence-corrected chi connectivity index (χ3v) is 2.47. The number of hydrogen-bond acceptors (Lipinski definition) is 3. The monoisotopic (exact) mass is 244 g/mol. The van der Waals surface area contributed by atoms with Gasteiger partial charge >= 0.3 is 0 Å². The smallest absolute Gasteiger partial charge is 0.146 e. The summed E-state index contributed by atoms with van der Waals surface area (Å²) in [6.45, 7) is 1.90. The van der Waals surface area contributed by atoms with Gasteiger partial charge in [-0.3, -0.25) is 4.98 Å². The summed E-state index contributed by atoms with van der Waals surface area (Å²) in [4.78, 5) is 4.12. The Balaban J connectivity index is 2.25. The van der Waals surface area contributed by atoms with E-state index in [9.17, 15) is 0 Å². The lowest BCUT2D eigenvalue weighted by atomic mass is 10.2. The van der Waals surface area contributed by atoms with Crippen LogP contribution in [-0.4, -0.2) is 4.98 Å². The predicted octanol–water partition coefficient (Wildman–Crippen LogP) is 3.71. The van der Waals surface area contributed by atoms with E-state index < -0.39 is 0 Å². The van der Waals surface area contributed by atoms with Crippen LogP contribution in [0.15, 0.2) is 36.5 Å². The lowest BCUT2D eigenvalue weighted by molar-refractivity contribution is 0.480. The number of nitrogens with zero attached hydrogens (tertiary/aromatic N) is 2. The molecule has 0 spiro atoms. The van der Waals surface area contributed by atoms with Gasteiger partial charge in [-0.1, -0.05) is 11.6 Å². The van der Waals surface area contributed by atoms with Crippen molar-refractivity contribution in [2.24, 2.45) is 0 Å². The summed E-state index contributed by atoms with van der Waals surface area (Å²) in [7, 11) is 0. The van der Waals surface area contributed by atoms with Gasteiger partial charge in [-0.15, -0.1) is 0 Å². The number of benzene rings is 1. The first-order valence-corrected chi connectivity index (χ1v) is 5.37. The lowest BCUT2D eigenvalue weighted by Crippen LogP contribution is -1.88. The number of rotatable bonds is 2. The van der Waals surface area contributed by atoms with Crippen molar-refractivity contribution in [3.63, 3.8) is 0 Å². The lowest BCUT2D eigenvalue weighted by Gasteiger charge is -2.07. The number of aryl methyl sites for hydroxylation is 1. The second-order valence-corrected chi connectivity index (χ2v) is 3.90. The molecule has 0 aliphatic heterocycles. The van der Waals surface area contributed by atoms with Crippen molar-refractivity contribution in [1.29, 1.82) is 5.26 Å². The highest BCUT2D eigenvalue weighted by Crippen LogP contribution is 2.29. The van der Waals surface area contributed by atoms with E-state index in [0.717, 1.165) is 5.69 Å². The molecule has 2 aromatic rings. The molecule has 84 valence electrons. The summed E-state index contributed by atoms with van der Waals surface area (Å²) in [6, 6.07) is 10.6. The molecular formula is C13H9ClN2O. The molecule has 0 amide bonds. The number of aromatic nitrogens is 1. The number of nitriles is 1. The zero-order chi connectivity index (χ0) is 12.3. The van der Waals surface area contributed by atoms with Gasteiger partial charge < -0.3 is 4.74 Å². The van der Waals surface area contributed by atoms with Crippen LogP contribution in [0, 0.1) is 18.3 Å². The van der Waals surface area contributed by atoms with Crippen molar-refractivity contribution in [3.8, 4) is 17.6 Å². The molecular weight excluding hydrogens is 236 g/mol. The van der Waals surface area contributed by atoms with Gasteiger partial charge in [0.2, 0.25) is 0 Å². The quantitative estimate of drug-likeness (QED) is 0.809. The third kappa shape index (κ3) is 2.74. The van der Waals surface area contributed by atoms with Gasteiger partial charge in [0.05, 0.1) is 22.9 Å². The Labute approximate surface area is 104 Å². The molecule has 1 heterocycles. The minimum Gasteiger partial charge on any atom is -0.454 e. The molecule has 0 N–H and O–H groups in total. The molecule has 0 aliphatic carbocycles. The van der Waals surface area contributed by atoms with Crippen LogP contribution in [0.2, 0.25) is 5.02 Å². The van der Waals surface area contributed by atoms with Gasteiger partial charge in [0.25, 0.3) is 0 Å². The van der Waals surface area contributed by atoms with Crippen LogP contribution in [0.1, 0.15) is 11.3 Å². The van der Waals surface area contributed by atoms with E-state index >= 15 is 0 Å². The van der Waals surface area contributed by atoms with Gasteiger partial charge in [-0.05, 0) is 37.3 Å². The fourth-order valence-electron chi connectivity index (χ4n) is 1.29. The Morgan fingerprint density at radius 1 is 1.29 bits per heavy atom. The molecule has 2 rings (SSSR count). The van der Waals surface area contributed by atoms with Crippen LogP contribution in [0.3, 0.4) is 0 Å². The van der Waals surface area contributed by atoms with Crippen molar-refractivity contribution in [1.82, 2.24) is 4.98 Å². The fourth-order valence-corrected chi connectivity index (χ4v) is 1.51. The zero-order valence-corrected chi connectivity index (χ0v) is 9.90. The van der Waals surface area contributed by atoms with E-state index in [1.54, 1.807) is 24.4 Å². The van der Waals surface area contributed by atoms with Crippen LogP contribution >= 0.6 is 11.6 Å². The molecule has 1 aromatic heterocycles. The molecule has 0 saturated carbocycles. The first kappa shape index (κ1) is 11.4. The van der Waals surface area contributed by atoms with Gasteiger partial charge in [-0.2, -0.15) is 5.26 Å². The van der Waals surface area contributed by atoms with Crippen LogP contribution in [-0.2, 0) is 0 Å². The van der Waals surface area contributed by atoms with Crippen molar-refractivity contribution in [2.45, 2.75) is 6.92 Å². The van der Waals surface area contributed by atoms with Crippen molar-refractivity contribution < 1.29 is 4.74 Å². The molecule has 0 aliphatic rings. The summed E-state index contributed by atoms with van der Waals surface area (Å²) in [5, 5.41) is 9.12. The Morgan fingerprint density at radius 3 is 2.71 bits per heavy atom. The third-order valence-electron chi connectivity index (χ3n) is 2.17. The standard InChI is InChI=1S/C13H9ClN2O/c1-9-2-4-11(8-16-9)17-13-5-3-10(7-15)6-12(13)14/h2-6,8H,1H3. The molecule has 0 fully saturated rings. The molecule has 0 saturated heterocycles. The highest BCUT2D eigenvalue weighted by atomic mass is 35.5. The van der Waals surface area contributed by atoms with E-state index in [0.29, 0.717) is 22.1 Å². The first-order valence-electron chi connectivity index (χ1n) is 4.99. The normalized spacial score (nSPS) is 9.71. The molecule has 0 radical (unpaired) electrons. The summed E-state index contributed by atoms with van der Waals surface area (Å²) in [5.74, 6) is 1.12. The average molecular weight is 245 g/mol. The van der Waals surface area contributed by atoms with Crippen LogP contribution in [0.5, 0.6) is 11.5 Å². The van der Waals surface area contributed by atoms with E-state index in [-0.39, 0.29) is 0 Å². The Kier molecular flexibility index (Phi) is 3.27. The molecule has 1 aromatic carbocycles. The molecule has 0 bridgehead atoms. The molecule has 0 unspecified atom stereocenters. The van der Waals surface area contributed by atoms with Crippen molar-refractivity contribution >= 4 is 11.6 Å². The Bertz CT molecular complexity index is 573. The molecule has 17 heavy (non-hydrogen) atoms. The summed E-state index contributed by atoms with van der Waals surface area (Å²) in [6.07, 6.45) is 1.63. The highest BCUT2D eigenvalue weighted by Gasteiger charge is 2.04. The number of ether oxygens (including phenoxy) is 1. The van der Waals surface area contributed by atoms with Crippen molar-refractivity contribution in [2.75, 3.05) is 0 Å². The Hall–Kier alpha value is -2.05. The highest BCUT2D eigenvalue weighted by molar-refractivity contribution is 6.32. The van der Waals surface area contributed by atoms with Gasteiger partial charge in [0.15, 0.2) is 0 Å². The predicted molar refractivity (Wildman–Crippen MR) is 65.2 cm³/mol. The van der Waals surface area contributed by atoms with E-state index in [1.165, 1.54) is 0 Å². The maximum absolute atomic E-state index is 8.71. The molecule has 4 heteroatoms. The first-order chi connectivity index (χ1) is 8.19. The average Bonchev–Trinajstić information content (AvgIpc) is 2.34. The van der Waals surface area contributed by atoms with E-state index in [2.05, 4.69) is 4.98 Å². The van der Waals surface area contributed by atoms with Crippen molar-refractivity contribution in [3.05, 3.63) is 52.8 Å². The summed E-state index contributed by atoms with van der Waals surface area (Å²) >= 11 is 5.99. The number of hydrogen-bond donors (Lipinski definition) is 0. The number of halogens is 1. The van der Waals surface area contributed by atoms with Gasteiger partial charge in [0, 0.05) is 5.69 Å². The molecule has 0 atom stereocenters. The van der Waals surface area contributed by atoms with E-state index in [1.807, 2.05) is 25.1 Å². The molecule has 3 nitrogen and oxygen atoms in total. The Morgan fingerprint density at radius 2 is 2.12 bits per heavy atom. The fraction of sp³-hybridized carbons (Fsp3) is 0.0769. The van der Waals surface area contributed by atoms with Crippen LogP contribution in [0.4, 0.5) is 0 Å². The van der Waals surface area contributed by atoms with E-state index in [4.69, 9.17) is 21.6 Å². The van der Waals surface area contributed by atoms with Gasteiger partial charge in [0.1, 0.15) is 11.5 Å². The largest absolute Gasteiger partial charge is 0.454 e. The summed E-state index contributed by atoms with van der Waals surface area (Å²) < 4.78 is 5.56. The topological polar surface area (TPSA) is 45.9 Å². The minimum atomic E-state index is 0.407. The second kappa shape index (κ2) is 4.86. The SMILES string of the molecule is Cc1ccc(Oc2ccc(C#N)cc2Cl)cn1. The zero-order valence-electron chi connectivity index (χ0n) is 9.14. The maximum Gasteiger partial charge on any atom is 0.146 e. The van der Waals surface area contributed by atoms with Gasteiger partial charge in [-0.25, -0.2) is 0 Å². The summed E-state index contributed by atoms with van der Waals surface area (Å²) in [5.41, 5.74) is 1.42. The number of pyridine rings is 1. The maximum atomic E-state index is 8.71. The second-order valence-electron chi connectivity index (χ2n) is 3.49.